The van der Waals surface area contributed by atoms with Gasteiger partial charge in [0, 0.05) is 26.1 Å². The van der Waals surface area contributed by atoms with Crippen LogP contribution >= 0.6 is 0 Å². The Labute approximate surface area is 144 Å². The third-order valence-corrected chi connectivity index (χ3v) is 4.41. The lowest BCUT2D eigenvalue weighted by Gasteiger charge is -2.20. The predicted molar refractivity (Wildman–Crippen MR) is 91.6 cm³/mol. The quantitative estimate of drug-likeness (QED) is 0.682. The summed E-state index contributed by atoms with van der Waals surface area (Å²) in [7, 11) is 0. The van der Waals surface area contributed by atoms with E-state index in [4.69, 9.17) is 0 Å². The normalized spacial score (nSPS) is 16.7. The lowest BCUT2D eigenvalue weighted by Crippen LogP contribution is -2.28. The maximum Gasteiger partial charge on any atom is 0.292 e. The van der Waals surface area contributed by atoms with Gasteiger partial charge >= 0.3 is 0 Å². The van der Waals surface area contributed by atoms with Gasteiger partial charge in [-0.2, -0.15) is 0 Å². The fraction of sp³-hybridized carbons (Fsp3) is 0.278. The maximum absolute atomic E-state index is 13.7. The largest absolute Gasteiger partial charge is 0.373 e. The van der Waals surface area contributed by atoms with Crippen molar-refractivity contribution in [2.45, 2.75) is 25.9 Å². The van der Waals surface area contributed by atoms with Crippen LogP contribution in [0.4, 0.5) is 15.8 Å². The zero-order valence-electron chi connectivity index (χ0n) is 13.7. The predicted octanol–water partition coefficient (Wildman–Crippen LogP) is 3.64. The number of halogens is 1. The third-order valence-electron chi connectivity index (χ3n) is 4.41. The zero-order chi connectivity index (χ0) is 18.0. The SMILES string of the molecule is CC(=O)N1CCC(Nc2ccccc2[N+](=O)[O-])c2ccc(F)cc2C1. The first-order valence-corrected chi connectivity index (χ1v) is 7.99. The molecule has 0 radical (unpaired) electrons. The van der Waals surface area contributed by atoms with E-state index in [0.29, 0.717) is 30.8 Å². The first-order chi connectivity index (χ1) is 12.0. The summed E-state index contributed by atoms with van der Waals surface area (Å²) in [4.78, 5) is 24.2. The van der Waals surface area contributed by atoms with Crippen molar-refractivity contribution in [3.8, 4) is 0 Å². The van der Waals surface area contributed by atoms with Crippen molar-refractivity contribution < 1.29 is 14.1 Å². The second-order valence-corrected chi connectivity index (χ2v) is 6.04. The van der Waals surface area contributed by atoms with Crippen molar-refractivity contribution >= 4 is 17.3 Å². The molecule has 0 aliphatic carbocycles. The monoisotopic (exact) mass is 343 g/mol. The molecule has 0 spiro atoms. The Morgan fingerprint density at radius 2 is 2.08 bits per heavy atom. The molecule has 25 heavy (non-hydrogen) atoms. The number of nitrogens with zero attached hydrogens (tertiary/aromatic N) is 2. The van der Waals surface area contributed by atoms with Crippen molar-refractivity contribution in [1.29, 1.82) is 0 Å². The van der Waals surface area contributed by atoms with E-state index >= 15 is 0 Å². The van der Waals surface area contributed by atoms with Crippen LogP contribution in [0.5, 0.6) is 0 Å². The lowest BCUT2D eigenvalue weighted by atomic mass is 9.98. The van der Waals surface area contributed by atoms with Gasteiger partial charge < -0.3 is 10.2 Å². The van der Waals surface area contributed by atoms with E-state index < -0.39 is 4.92 Å². The van der Waals surface area contributed by atoms with Gasteiger partial charge in [-0.15, -0.1) is 0 Å². The van der Waals surface area contributed by atoms with Crippen LogP contribution in [0.2, 0.25) is 0 Å². The topological polar surface area (TPSA) is 75.5 Å². The molecule has 1 N–H and O–H groups in total. The maximum atomic E-state index is 13.7. The molecule has 2 aromatic rings. The number of anilines is 1. The number of carbonyl (C=O) groups excluding carboxylic acids is 1. The number of para-hydroxylation sites is 2. The minimum atomic E-state index is -0.438. The molecule has 0 fully saturated rings. The summed E-state index contributed by atoms with van der Waals surface area (Å²) in [5.41, 5.74) is 1.95. The number of nitro groups is 1. The molecule has 1 unspecified atom stereocenters. The first-order valence-electron chi connectivity index (χ1n) is 7.99. The summed E-state index contributed by atoms with van der Waals surface area (Å²) >= 11 is 0. The Morgan fingerprint density at radius 1 is 1.32 bits per heavy atom. The molecule has 1 amide bonds. The van der Waals surface area contributed by atoms with Crippen LogP contribution in [0.1, 0.15) is 30.5 Å². The minimum absolute atomic E-state index is 0.0150. The second kappa shape index (κ2) is 6.88. The van der Waals surface area contributed by atoms with Gasteiger partial charge in [-0.3, -0.25) is 14.9 Å². The van der Waals surface area contributed by atoms with Gasteiger partial charge in [0.15, 0.2) is 0 Å². The van der Waals surface area contributed by atoms with Crippen LogP contribution in [0.25, 0.3) is 0 Å². The molecule has 0 bridgehead atoms. The Bertz CT molecular complexity index is 825. The lowest BCUT2D eigenvalue weighted by molar-refractivity contribution is -0.384. The minimum Gasteiger partial charge on any atom is -0.373 e. The van der Waals surface area contributed by atoms with Gasteiger partial charge in [0.2, 0.25) is 5.91 Å². The second-order valence-electron chi connectivity index (χ2n) is 6.04. The van der Waals surface area contributed by atoms with E-state index in [1.807, 2.05) is 0 Å². The van der Waals surface area contributed by atoms with Gasteiger partial charge in [0.05, 0.1) is 11.0 Å². The Hall–Kier alpha value is -2.96. The smallest absolute Gasteiger partial charge is 0.292 e. The molecular weight excluding hydrogens is 325 g/mol. The molecule has 0 saturated carbocycles. The zero-order valence-corrected chi connectivity index (χ0v) is 13.7. The number of carbonyl (C=O) groups is 1. The molecule has 6 nitrogen and oxygen atoms in total. The summed E-state index contributed by atoms with van der Waals surface area (Å²) in [6.45, 7) is 2.30. The van der Waals surface area contributed by atoms with Crippen LogP contribution in [-0.2, 0) is 11.3 Å². The van der Waals surface area contributed by atoms with Crippen LogP contribution in [0.3, 0.4) is 0 Å². The average Bonchev–Trinajstić information content (AvgIpc) is 2.74. The number of nitro benzene ring substituents is 1. The average molecular weight is 343 g/mol. The highest BCUT2D eigenvalue weighted by Crippen LogP contribution is 2.33. The Balaban J connectivity index is 1.97. The number of nitrogens with one attached hydrogen (secondary N) is 1. The summed E-state index contributed by atoms with van der Waals surface area (Å²) in [5.74, 6) is -0.449. The van der Waals surface area contributed by atoms with E-state index in [-0.39, 0.29) is 23.5 Å². The van der Waals surface area contributed by atoms with Gasteiger partial charge in [0.1, 0.15) is 11.5 Å². The summed E-state index contributed by atoms with van der Waals surface area (Å²) in [5, 5.41) is 14.4. The molecule has 1 heterocycles. The first kappa shape index (κ1) is 16.9. The third kappa shape index (κ3) is 3.60. The fourth-order valence-electron chi connectivity index (χ4n) is 3.14. The highest BCUT2D eigenvalue weighted by atomic mass is 19.1. The molecule has 1 aliphatic rings. The number of benzene rings is 2. The van der Waals surface area contributed by atoms with Crippen LogP contribution in [0.15, 0.2) is 42.5 Å². The van der Waals surface area contributed by atoms with Crippen molar-refractivity contribution in [1.82, 2.24) is 4.90 Å². The summed E-state index contributed by atoms with van der Waals surface area (Å²) < 4.78 is 13.7. The van der Waals surface area contributed by atoms with Crippen molar-refractivity contribution in [3.05, 3.63) is 69.5 Å². The molecule has 0 aromatic heterocycles. The highest BCUT2D eigenvalue weighted by Gasteiger charge is 2.25. The van der Waals surface area contributed by atoms with Crippen molar-refractivity contribution in [2.75, 3.05) is 11.9 Å². The van der Waals surface area contributed by atoms with Crippen molar-refractivity contribution in [2.24, 2.45) is 0 Å². The fourth-order valence-corrected chi connectivity index (χ4v) is 3.14. The number of rotatable bonds is 3. The standard InChI is InChI=1S/C18H18FN3O3/c1-12(23)21-9-8-16(15-7-6-14(19)10-13(15)11-21)20-17-4-2-3-5-18(17)22(24)25/h2-7,10,16,20H,8-9,11H2,1H3. The number of fused-ring (bicyclic) bond motifs is 1. The van der Waals surface area contributed by atoms with Gasteiger partial charge in [-0.05, 0) is 35.7 Å². The molecule has 3 rings (SSSR count). The van der Waals surface area contributed by atoms with Crippen LogP contribution < -0.4 is 5.32 Å². The van der Waals surface area contributed by atoms with Crippen LogP contribution in [0, 0.1) is 15.9 Å². The highest BCUT2D eigenvalue weighted by molar-refractivity contribution is 5.73. The van der Waals surface area contributed by atoms with E-state index in [1.165, 1.54) is 25.1 Å². The van der Waals surface area contributed by atoms with Gasteiger partial charge in [0.25, 0.3) is 5.69 Å². The Kier molecular flexibility index (Phi) is 4.65. The van der Waals surface area contributed by atoms with Crippen molar-refractivity contribution in [3.63, 3.8) is 0 Å². The molecule has 1 aliphatic heterocycles. The van der Waals surface area contributed by atoms with Gasteiger partial charge in [-0.25, -0.2) is 4.39 Å². The molecule has 130 valence electrons. The van der Waals surface area contributed by atoms with Gasteiger partial charge in [-0.1, -0.05) is 18.2 Å². The Morgan fingerprint density at radius 3 is 2.80 bits per heavy atom. The summed E-state index contributed by atoms with van der Waals surface area (Å²) in [6, 6.07) is 10.6. The van der Waals surface area contributed by atoms with E-state index in [1.54, 1.807) is 29.2 Å². The van der Waals surface area contributed by atoms with E-state index in [0.717, 1.165) is 5.56 Å². The molecular formula is C18H18FN3O3. The molecule has 0 saturated heterocycles. The number of hydrogen-bond donors (Lipinski definition) is 1. The number of hydrogen-bond acceptors (Lipinski definition) is 4. The van der Waals surface area contributed by atoms with E-state index in [9.17, 15) is 19.3 Å². The van der Waals surface area contributed by atoms with E-state index in [2.05, 4.69) is 5.32 Å². The van der Waals surface area contributed by atoms with Crippen LogP contribution in [-0.4, -0.2) is 22.3 Å². The number of amides is 1. The molecule has 2 aromatic carbocycles. The molecule has 7 heteroatoms. The summed E-state index contributed by atoms with van der Waals surface area (Å²) in [6.07, 6.45) is 0.574. The molecule has 1 atom stereocenters.